The minimum atomic E-state index is -0.207. The molecule has 0 unspecified atom stereocenters. The van der Waals surface area contributed by atoms with Gasteiger partial charge in [-0.15, -0.1) is 5.10 Å². The number of nitrogens with two attached hydrogens (primary N) is 2. The Kier molecular flexibility index (Phi) is 5.62. The molecule has 0 saturated heterocycles. The first-order chi connectivity index (χ1) is 15.4. The van der Waals surface area contributed by atoms with Gasteiger partial charge in [0, 0.05) is 23.2 Å². The number of rotatable bonds is 6. The maximum absolute atomic E-state index is 9.16. The van der Waals surface area contributed by atoms with Crippen LogP contribution >= 0.6 is 0 Å². The third-order valence-electron chi connectivity index (χ3n) is 5.17. The van der Waals surface area contributed by atoms with E-state index in [1.807, 2.05) is 24.3 Å². The number of nitrogen functional groups attached to an aromatic ring is 1. The highest BCUT2D eigenvalue weighted by atomic mass is 15.4. The van der Waals surface area contributed by atoms with Crippen LogP contribution in [0, 0.1) is 11.3 Å². The van der Waals surface area contributed by atoms with Crippen LogP contribution in [0.4, 0.5) is 5.95 Å². The fraction of sp³-hybridized carbons (Fsp3) is 0.217. The molecular weight excluding hydrogens is 402 g/mol. The molecule has 32 heavy (non-hydrogen) atoms. The summed E-state index contributed by atoms with van der Waals surface area (Å²) in [5.74, 6) is 0.118. The van der Waals surface area contributed by atoms with Gasteiger partial charge >= 0.3 is 0 Å². The molecule has 3 heterocycles. The van der Waals surface area contributed by atoms with Crippen molar-refractivity contribution in [3.63, 3.8) is 0 Å². The van der Waals surface area contributed by atoms with Gasteiger partial charge < -0.3 is 11.5 Å². The summed E-state index contributed by atoms with van der Waals surface area (Å²) >= 11 is 0. The third kappa shape index (κ3) is 4.45. The second-order valence-electron chi connectivity index (χ2n) is 8.09. The van der Waals surface area contributed by atoms with Crippen LogP contribution in [0.3, 0.4) is 0 Å². The predicted octanol–water partition coefficient (Wildman–Crippen LogP) is 2.54. The van der Waals surface area contributed by atoms with Gasteiger partial charge in [-0.05, 0) is 30.3 Å². The first-order valence-electron chi connectivity index (χ1n) is 10.1. The lowest BCUT2D eigenvalue weighted by molar-refractivity contribution is 0.516. The Hall–Kier alpha value is -4.16. The molecule has 0 atom stereocenters. The third-order valence-corrected chi connectivity index (χ3v) is 5.17. The average Bonchev–Trinajstić information content (AvgIpc) is 3.27. The van der Waals surface area contributed by atoms with E-state index in [2.05, 4.69) is 40.2 Å². The van der Waals surface area contributed by atoms with E-state index in [9.17, 15) is 0 Å². The summed E-state index contributed by atoms with van der Waals surface area (Å²) in [6.07, 6.45) is 1.79. The van der Waals surface area contributed by atoms with Crippen molar-refractivity contribution in [1.29, 1.82) is 5.26 Å². The molecular formula is C23H23N9. The summed E-state index contributed by atoms with van der Waals surface area (Å²) in [4.78, 5) is 13.3. The van der Waals surface area contributed by atoms with E-state index in [0.29, 0.717) is 35.7 Å². The highest BCUT2D eigenvalue weighted by molar-refractivity contribution is 5.68. The second-order valence-corrected chi connectivity index (χ2v) is 8.09. The van der Waals surface area contributed by atoms with Crippen LogP contribution in [0.2, 0.25) is 0 Å². The number of aromatic nitrogens is 6. The van der Waals surface area contributed by atoms with E-state index >= 15 is 0 Å². The fourth-order valence-electron chi connectivity index (χ4n) is 3.20. The van der Waals surface area contributed by atoms with Gasteiger partial charge in [0.15, 0.2) is 0 Å². The molecule has 0 fully saturated rings. The van der Waals surface area contributed by atoms with Crippen molar-refractivity contribution >= 4 is 5.95 Å². The predicted molar refractivity (Wildman–Crippen MR) is 121 cm³/mol. The SMILES string of the molecule is CC(C)(CN)c1cccc(Cn2cc(-c3cc(-c4cccc(C#N)c4)nc(N)n3)nn2)n1. The molecule has 0 spiro atoms. The summed E-state index contributed by atoms with van der Waals surface area (Å²) in [5.41, 5.74) is 16.5. The van der Waals surface area contributed by atoms with Crippen molar-refractivity contribution in [2.24, 2.45) is 5.73 Å². The van der Waals surface area contributed by atoms with E-state index in [1.54, 1.807) is 35.1 Å². The van der Waals surface area contributed by atoms with Gasteiger partial charge in [0.25, 0.3) is 0 Å². The first kappa shape index (κ1) is 21.1. The number of hydrogen-bond donors (Lipinski definition) is 2. The summed E-state index contributed by atoms with van der Waals surface area (Å²) in [5, 5.41) is 17.6. The first-order valence-corrected chi connectivity index (χ1v) is 10.1. The second kappa shape index (κ2) is 8.53. The minimum Gasteiger partial charge on any atom is -0.368 e. The van der Waals surface area contributed by atoms with Gasteiger partial charge in [-0.25, -0.2) is 14.6 Å². The van der Waals surface area contributed by atoms with Gasteiger partial charge in [0.05, 0.1) is 41.5 Å². The number of nitriles is 1. The summed E-state index contributed by atoms with van der Waals surface area (Å²) in [7, 11) is 0. The lowest BCUT2D eigenvalue weighted by atomic mass is 9.89. The molecule has 3 aromatic heterocycles. The van der Waals surface area contributed by atoms with Crippen LogP contribution in [-0.2, 0) is 12.0 Å². The van der Waals surface area contributed by atoms with Crippen LogP contribution in [0.15, 0.2) is 54.7 Å². The van der Waals surface area contributed by atoms with Crippen molar-refractivity contribution in [2.45, 2.75) is 25.8 Å². The Labute approximate surface area is 185 Å². The Morgan fingerprint density at radius 3 is 2.56 bits per heavy atom. The number of nitrogens with zero attached hydrogens (tertiary/aromatic N) is 7. The van der Waals surface area contributed by atoms with Gasteiger partial charge in [0.2, 0.25) is 5.95 Å². The molecule has 4 rings (SSSR count). The topological polar surface area (TPSA) is 145 Å². The van der Waals surface area contributed by atoms with E-state index < -0.39 is 0 Å². The molecule has 160 valence electrons. The zero-order valence-electron chi connectivity index (χ0n) is 17.9. The van der Waals surface area contributed by atoms with Crippen LogP contribution in [0.1, 0.15) is 30.8 Å². The molecule has 9 heteroatoms. The monoisotopic (exact) mass is 425 g/mol. The molecule has 0 saturated carbocycles. The Balaban J connectivity index is 1.61. The van der Waals surface area contributed by atoms with Crippen molar-refractivity contribution in [1.82, 2.24) is 29.9 Å². The number of anilines is 1. The zero-order chi connectivity index (χ0) is 22.7. The minimum absolute atomic E-state index is 0.118. The van der Waals surface area contributed by atoms with Crippen molar-refractivity contribution in [3.05, 3.63) is 71.7 Å². The summed E-state index contributed by atoms with van der Waals surface area (Å²) in [6.45, 7) is 5.09. The largest absolute Gasteiger partial charge is 0.368 e. The van der Waals surface area contributed by atoms with E-state index in [0.717, 1.165) is 17.0 Å². The van der Waals surface area contributed by atoms with E-state index in [1.165, 1.54) is 0 Å². The van der Waals surface area contributed by atoms with Gasteiger partial charge in [-0.2, -0.15) is 5.26 Å². The van der Waals surface area contributed by atoms with Crippen LogP contribution in [-0.4, -0.2) is 36.5 Å². The zero-order valence-corrected chi connectivity index (χ0v) is 17.9. The average molecular weight is 426 g/mol. The summed E-state index contributed by atoms with van der Waals surface area (Å²) in [6, 6.07) is 17.0. The number of hydrogen-bond acceptors (Lipinski definition) is 8. The standard InChI is InChI=1S/C23H23N9/c1-23(2,14-25)21-8-4-7-17(27-21)12-32-13-20(30-31-32)19-10-18(28-22(26)29-19)16-6-3-5-15(9-16)11-24/h3-10,13H,12,14,25H2,1-2H3,(H2,26,28,29). The van der Waals surface area contributed by atoms with Crippen molar-refractivity contribution < 1.29 is 0 Å². The number of benzene rings is 1. The Morgan fingerprint density at radius 1 is 1.00 bits per heavy atom. The van der Waals surface area contributed by atoms with E-state index in [-0.39, 0.29) is 11.4 Å². The summed E-state index contributed by atoms with van der Waals surface area (Å²) < 4.78 is 1.70. The molecule has 4 aromatic rings. The molecule has 4 N–H and O–H groups in total. The smallest absolute Gasteiger partial charge is 0.221 e. The number of pyridine rings is 1. The highest BCUT2D eigenvalue weighted by Gasteiger charge is 2.20. The van der Waals surface area contributed by atoms with Gasteiger partial charge in [-0.3, -0.25) is 4.98 Å². The Bertz CT molecular complexity index is 1300. The quantitative estimate of drug-likeness (QED) is 0.479. The lowest BCUT2D eigenvalue weighted by Gasteiger charge is -2.22. The molecule has 0 radical (unpaired) electrons. The van der Waals surface area contributed by atoms with E-state index in [4.69, 9.17) is 21.7 Å². The molecule has 0 amide bonds. The normalized spacial score (nSPS) is 11.3. The maximum atomic E-state index is 9.16. The fourth-order valence-corrected chi connectivity index (χ4v) is 3.20. The maximum Gasteiger partial charge on any atom is 0.221 e. The molecule has 0 bridgehead atoms. The van der Waals surface area contributed by atoms with Crippen LogP contribution in [0.5, 0.6) is 0 Å². The molecule has 0 aliphatic carbocycles. The Morgan fingerprint density at radius 2 is 1.78 bits per heavy atom. The van der Waals surface area contributed by atoms with Gasteiger partial charge in [0.1, 0.15) is 5.69 Å². The molecule has 9 nitrogen and oxygen atoms in total. The van der Waals surface area contributed by atoms with Crippen molar-refractivity contribution in [3.8, 4) is 28.7 Å². The molecule has 0 aliphatic rings. The van der Waals surface area contributed by atoms with Crippen molar-refractivity contribution in [2.75, 3.05) is 12.3 Å². The van der Waals surface area contributed by atoms with Crippen LogP contribution < -0.4 is 11.5 Å². The van der Waals surface area contributed by atoms with Crippen LogP contribution in [0.25, 0.3) is 22.6 Å². The molecule has 1 aromatic carbocycles. The van der Waals surface area contributed by atoms with Gasteiger partial charge in [-0.1, -0.05) is 37.3 Å². The highest BCUT2D eigenvalue weighted by Crippen LogP contribution is 2.24. The lowest BCUT2D eigenvalue weighted by Crippen LogP contribution is -2.29. The molecule has 0 aliphatic heterocycles.